The van der Waals surface area contributed by atoms with Gasteiger partial charge in [-0.3, -0.25) is 0 Å². The minimum atomic E-state index is -0.476. The Labute approximate surface area is 692 Å². The van der Waals surface area contributed by atoms with Gasteiger partial charge in [0.2, 0.25) is 0 Å². The van der Waals surface area contributed by atoms with E-state index in [2.05, 4.69) is 272 Å². The molecule has 0 bridgehead atoms. The third-order valence-corrected chi connectivity index (χ3v) is 25.5. The van der Waals surface area contributed by atoms with Gasteiger partial charge in [0.15, 0.2) is 0 Å². The Morgan fingerprint density at radius 1 is 0.434 bits per heavy atom. The zero-order valence-electron chi connectivity index (χ0n) is 65.4. The molecule has 4 aromatic carbocycles. The number of benzene rings is 4. The topological polar surface area (TPSA) is 184 Å². The fourth-order valence-electron chi connectivity index (χ4n) is 11.7. The monoisotopic (exact) mass is 1940 g/mol. The molecule has 0 amide bonds. The van der Waals surface area contributed by atoms with Crippen molar-refractivity contribution in [2.24, 2.45) is 0 Å². The number of hydrogen-bond donors (Lipinski definition) is 1. The summed E-state index contributed by atoms with van der Waals surface area (Å²) in [6.07, 6.45) is 22.2. The molecule has 3 unspecified atom stereocenters. The molecule has 7 saturated heterocycles. The number of methoxy groups -OCH3 is 1. The van der Waals surface area contributed by atoms with E-state index in [0.29, 0.717) is 11.3 Å². The highest BCUT2D eigenvalue weighted by atomic mass is 127. The van der Waals surface area contributed by atoms with Gasteiger partial charge in [-0.2, -0.15) is 15.3 Å². The summed E-state index contributed by atoms with van der Waals surface area (Å²) in [5.41, 5.74) is 8.22. The molecule has 0 aliphatic carbocycles. The van der Waals surface area contributed by atoms with E-state index >= 15 is 0 Å². The number of hydrogen-bond acceptors (Lipinski definition) is 16. The lowest BCUT2D eigenvalue weighted by Crippen LogP contribution is -2.41. The fraction of sp³-hybridized carbons (Fsp3) is 0.571. The maximum Gasteiger partial charge on any atom is 0.498 e. The lowest BCUT2D eigenvalue weighted by atomic mass is 9.49. The van der Waals surface area contributed by atoms with Crippen LogP contribution in [-0.2, 0) is 56.2 Å². The van der Waals surface area contributed by atoms with Crippen LogP contribution in [0.2, 0.25) is 0 Å². The van der Waals surface area contributed by atoms with E-state index in [0.717, 1.165) is 104 Å². The minimum absolute atomic E-state index is 0.0555. The first-order valence-electron chi connectivity index (χ1n) is 36.5. The highest BCUT2D eigenvalue weighted by Crippen LogP contribution is 2.44. The zero-order chi connectivity index (χ0) is 78.0. The summed E-state index contributed by atoms with van der Waals surface area (Å²) in [6.45, 7) is 41.5. The molecule has 3 aromatic heterocycles. The van der Waals surface area contributed by atoms with Crippen LogP contribution in [0.5, 0.6) is 5.75 Å². The Morgan fingerprint density at radius 3 is 1.12 bits per heavy atom. The van der Waals surface area contributed by atoms with Crippen LogP contribution in [0.3, 0.4) is 0 Å². The van der Waals surface area contributed by atoms with Gasteiger partial charge < -0.3 is 61.3 Å². The van der Waals surface area contributed by atoms with Crippen LogP contribution >= 0.6 is 109 Å². The first-order valence-corrected chi connectivity index (χ1v) is 42.1. The first kappa shape index (κ1) is 89.0. The molecule has 0 spiro atoms. The van der Waals surface area contributed by atoms with Crippen molar-refractivity contribution in [3.05, 3.63) is 147 Å². The van der Waals surface area contributed by atoms with Crippen molar-refractivity contribution in [1.29, 1.82) is 0 Å². The number of aryl methyl sites for hydroxylation is 3. The Kier molecular flexibility index (Phi) is 32.0. The summed E-state index contributed by atoms with van der Waals surface area (Å²) in [5, 5.41) is 22.4. The molecule has 10 heterocycles. The van der Waals surface area contributed by atoms with Crippen molar-refractivity contribution in [2.45, 2.75) is 253 Å². The molecule has 0 radical (unpaired) electrons. The van der Waals surface area contributed by atoms with Crippen molar-refractivity contribution in [3.8, 4) is 28.0 Å². The number of nitrogens with zero attached hydrogens (tertiary/aromatic N) is 6. The van der Waals surface area contributed by atoms with Crippen molar-refractivity contribution in [3.63, 3.8) is 0 Å². The second-order valence-corrected chi connectivity index (χ2v) is 37.0. The average molecular weight is 1940 g/mol. The summed E-state index contributed by atoms with van der Waals surface area (Å²) >= 11 is 17.6. The van der Waals surface area contributed by atoms with Gasteiger partial charge in [-0.15, -0.1) is 0 Å². The Bertz CT molecular complexity index is 3830. The Morgan fingerprint density at radius 2 is 0.774 bits per heavy atom. The summed E-state index contributed by atoms with van der Waals surface area (Å²) < 4.78 is 81.3. The van der Waals surface area contributed by atoms with Crippen molar-refractivity contribution in [1.82, 2.24) is 29.3 Å². The Balaban J connectivity index is 0.000000164. The molecule has 7 aliphatic heterocycles. The average Bonchev–Trinajstić information content (AvgIpc) is 1.63. The molecule has 0 saturated carbocycles. The molecule has 3 atom stereocenters. The number of halogens is 6. The van der Waals surface area contributed by atoms with Gasteiger partial charge in [-0.05, 0) is 321 Å². The second-order valence-electron chi connectivity index (χ2n) is 31.5. The molecule has 1 N–H and O–H groups in total. The number of ether oxygens (including phenoxy) is 4. The maximum atomic E-state index is 9.05. The normalized spacial score (nSPS) is 22.5. The molecular weight excluding hydrogens is 1830 g/mol. The minimum Gasteiger partial charge on any atom is -0.507 e. The van der Waals surface area contributed by atoms with E-state index in [-0.39, 0.29) is 77.7 Å². The molecule has 14 rings (SSSR count). The molecule has 106 heavy (non-hydrogen) atoms. The highest BCUT2D eigenvalue weighted by molar-refractivity contribution is 14.1. The molecule has 29 heteroatoms. The molecule has 7 aliphatic rings. The zero-order valence-corrected chi connectivity index (χ0v) is 76.1. The summed E-state index contributed by atoms with van der Waals surface area (Å²) in [5.74, 6) is 0.293. The number of aromatic nitrogens is 6. The van der Waals surface area contributed by atoms with Crippen molar-refractivity contribution >= 4 is 148 Å². The number of alkyl halides is 1. The predicted molar refractivity (Wildman–Crippen MR) is 456 cm³/mol. The van der Waals surface area contributed by atoms with E-state index in [9.17, 15) is 0 Å². The van der Waals surface area contributed by atoms with E-state index < -0.39 is 14.0 Å². The van der Waals surface area contributed by atoms with Crippen LogP contribution in [0, 0.1) is 27.9 Å². The summed E-state index contributed by atoms with van der Waals surface area (Å²) in [6, 6.07) is 24.5. The highest BCUT2D eigenvalue weighted by Gasteiger charge is 2.64. The first-order chi connectivity index (χ1) is 49.6. The SMILES string of the molecule is CC1(C)OB(B2OC(C)(C)C(C)(C)O2)OC1(C)C.CC1(C)OB(c2cnn(C3CCCCO3)c2)OC1(C)C.COCBr.Cc1cc(-c2cnn(C3CCCCO3)c2)ccc1B1OC(C)(C)C(C)(C)O1.Cc1cc(-c2cnn(C3CCCCO3)c2)ccc1Br.Cc1cc(I)ccc1Br.Oc1cc(I)ccc1Br. The van der Waals surface area contributed by atoms with Crippen molar-refractivity contribution < 1.29 is 61.3 Å². The molecule has 7 fully saturated rings. The van der Waals surface area contributed by atoms with Gasteiger partial charge >= 0.3 is 28.3 Å². The lowest BCUT2D eigenvalue weighted by Gasteiger charge is -2.32. The van der Waals surface area contributed by atoms with Crippen LogP contribution in [0.1, 0.15) is 204 Å². The molecule has 7 aromatic rings. The fourth-order valence-corrected chi connectivity index (χ4v) is 13.6. The third kappa shape index (κ3) is 23.3. The van der Waals surface area contributed by atoms with Gasteiger partial charge in [0.05, 0.1) is 61.7 Å². The van der Waals surface area contributed by atoms with Crippen LogP contribution in [0.15, 0.2) is 123 Å². The smallest absolute Gasteiger partial charge is 0.498 e. The number of rotatable bonds is 9. The van der Waals surface area contributed by atoms with Crippen LogP contribution < -0.4 is 10.9 Å². The van der Waals surface area contributed by atoms with Gasteiger partial charge in [-0.1, -0.05) is 83.7 Å². The van der Waals surface area contributed by atoms with Gasteiger partial charge in [0, 0.05) is 84.4 Å². The number of aromatic hydroxyl groups is 1. The standard InChI is InChI=1S/C21H29BN2O3.C15H17BrN2O.C14H23BN2O3.C12H24B2O4.C7H6BrI.C6H4BrIO.C2H5BrO/c1-15-12-16(17-13-23-24(14-17)19-8-6-7-11-25-19)9-10-18(15)22-26-20(2,3)21(4,5)27-22;1-11-8-12(5-6-14(11)16)13-9-17-18(10-13)15-4-2-3-7-19-15;1-13(2)14(3,4)20-15(19-13)11-9-16-17(10-11)12-7-5-6-8-18-12;1-9(2)10(3,4)16-13(15-9)14-17-11(5,6)12(7,8)18-14;1-5-4-6(9)2-3-7(5)8;7-5-2-1-4(8)3-6(5)9;1-4-2-3/h9-10,12-14,19H,6-8,11H2,1-5H3;5-6,8-10,15H,2-4,7H2,1H3;9-10,12H,5-8H2,1-4H3;1-8H3;2-4H,1H3;1-3,9H;2H2,1H3. The van der Waals surface area contributed by atoms with Gasteiger partial charge in [-0.25, -0.2) is 14.0 Å². The van der Waals surface area contributed by atoms with Crippen LogP contribution in [-0.4, -0.2) is 140 Å². The largest absolute Gasteiger partial charge is 0.507 e. The van der Waals surface area contributed by atoms with E-state index in [1.54, 1.807) is 13.2 Å². The summed E-state index contributed by atoms with van der Waals surface area (Å²) in [4.78, 5) is 0. The summed E-state index contributed by atoms with van der Waals surface area (Å²) in [7, 11) is 0.00114. The van der Waals surface area contributed by atoms with E-state index in [1.807, 2.05) is 106 Å². The number of phenols is 1. The quantitative estimate of drug-likeness (QED) is 0.0817. The van der Waals surface area contributed by atoms with Crippen LogP contribution in [0.4, 0.5) is 0 Å². The van der Waals surface area contributed by atoms with Gasteiger partial charge in [0.25, 0.3) is 0 Å². The lowest BCUT2D eigenvalue weighted by molar-refractivity contribution is -0.0395. The van der Waals surface area contributed by atoms with Crippen molar-refractivity contribution in [2.75, 3.05) is 32.4 Å². The third-order valence-electron chi connectivity index (χ3n) is 21.2. The Hall–Kier alpha value is -2.53. The van der Waals surface area contributed by atoms with Gasteiger partial charge in [0.1, 0.15) is 29.9 Å². The molecular formula is C77H108B4Br4I2N6O13. The molecule has 578 valence electrons. The molecule has 19 nitrogen and oxygen atoms in total. The van der Waals surface area contributed by atoms with E-state index in [4.69, 9.17) is 56.6 Å². The maximum absolute atomic E-state index is 9.05. The second kappa shape index (κ2) is 38.1. The number of phenolic OH excluding ortho intramolecular Hbond substituents is 1. The predicted octanol–water partition coefficient (Wildman–Crippen LogP) is 19.4. The van der Waals surface area contributed by atoms with Crippen LogP contribution in [0.25, 0.3) is 22.3 Å². The van der Waals surface area contributed by atoms with E-state index in [1.165, 1.54) is 44.0 Å².